The molecule has 94 valence electrons. The summed E-state index contributed by atoms with van der Waals surface area (Å²) in [5.74, 6) is 1.50. The summed E-state index contributed by atoms with van der Waals surface area (Å²) in [6.07, 6.45) is 3.12. The average molecular weight is 228 g/mol. The molecule has 0 aromatic rings. The number of hydrogen-bond acceptors (Lipinski definition) is 2. The number of hydrazone groups is 1. The maximum atomic E-state index is 12.6. The van der Waals surface area contributed by atoms with Crippen LogP contribution in [0.1, 0.15) is 41.0 Å². The number of nitrogens with zero attached hydrogens (tertiary/aromatic N) is 2. The van der Waals surface area contributed by atoms with Crippen molar-refractivity contribution in [3.8, 4) is 0 Å². The van der Waals surface area contributed by atoms with Crippen LogP contribution in [0.25, 0.3) is 0 Å². The van der Waals surface area contributed by atoms with Gasteiger partial charge in [-0.15, -0.1) is 0 Å². The lowest BCUT2D eigenvalue weighted by molar-refractivity contribution is 0.0273. The Morgan fingerprint density at radius 3 is 2.50 bits per heavy atom. The molecule has 3 atom stereocenters. The van der Waals surface area contributed by atoms with E-state index in [0.29, 0.717) is 24.3 Å². The van der Waals surface area contributed by atoms with Gasteiger partial charge in [0.05, 0.1) is 12.1 Å². The van der Waals surface area contributed by atoms with Gasteiger partial charge in [0.25, 0.3) is 0 Å². The second kappa shape index (κ2) is 5.15. The van der Waals surface area contributed by atoms with Crippen molar-refractivity contribution >= 4 is 6.21 Å². The summed E-state index contributed by atoms with van der Waals surface area (Å²) in [6, 6.07) is 0. The molecular formula is C13H25FN2. The van der Waals surface area contributed by atoms with Crippen molar-refractivity contribution in [2.24, 2.45) is 22.9 Å². The van der Waals surface area contributed by atoms with Gasteiger partial charge in [0.1, 0.15) is 6.67 Å². The predicted molar refractivity (Wildman–Crippen MR) is 67.4 cm³/mol. The number of alkyl halides is 1. The van der Waals surface area contributed by atoms with Gasteiger partial charge in [-0.1, -0.05) is 34.1 Å². The van der Waals surface area contributed by atoms with E-state index in [0.717, 1.165) is 6.42 Å². The predicted octanol–water partition coefficient (Wildman–Crippen LogP) is 3.33. The van der Waals surface area contributed by atoms with Gasteiger partial charge in [-0.3, -0.25) is 5.01 Å². The Morgan fingerprint density at radius 1 is 1.44 bits per heavy atom. The topological polar surface area (TPSA) is 15.6 Å². The molecule has 0 N–H and O–H groups in total. The Morgan fingerprint density at radius 2 is 2.06 bits per heavy atom. The molecule has 1 heterocycles. The molecule has 0 spiro atoms. The SMILES string of the molecule is CCC(C)[C@@]1(C)C(C(C)C)C=NN1CCF. The van der Waals surface area contributed by atoms with Gasteiger partial charge in [-0.05, 0) is 18.8 Å². The molecule has 1 rings (SSSR count). The molecule has 0 bridgehead atoms. The minimum Gasteiger partial charge on any atom is -0.288 e. The van der Waals surface area contributed by atoms with Crippen LogP contribution in [0.2, 0.25) is 0 Å². The van der Waals surface area contributed by atoms with E-state index in [-0.39, 0.29) is 12.2 Å². The third kappa shape index (κ3) is 2.09. The molecule has 2 nitrogen and oxygen atoms in total. The van der Waals surface area contributed by atoms with Crippen LogP contribution in [0, 0.1) is 17.8 Å². The van der Waals surface area contributed by atoms with Gasteiger partial charge in [0.15, 0.2) is 0 Å². The molecule has 1 aliphatic heterocycles. The number of rotatable bonds is 5. The van der Waals surface area contributed by atoms with Crippen LogP contribution in [0.3, 0.4) is 0 Å². The van der Waals surface area contributed by atoms with Crippen LogP contribution in [0.15, 0.2) is 5.10 Å². The van der Waals surface area contributed by atoms with Crippen LogP contribution in [0.4, 0.5) is 4.39 Å². The summed E-state index contributed by atoms with van der Waals surface area (Å²) in [5, 5.41) is 6.38. The van der Waals surface area contributed by atoms with Crippen molar-refractivity contribution in [3.05, 3.63) is 0 Å². The van der Waals surface area contributed by atoms with Crippen LogP contribution < -0.4 is 0 Å². The van der Waals surface area contributed by atoms with E-state index in [1.54, 1.807) is 0 Å². The first-order chi connectivity index (χ1) is 7.48. The summed E-state index contributed by atoms with van der Waals surface area (Å²) in [7, 11) is 0. The molecular weight excluding hydrogens is 203 g/mol. The molecule has 0 aliphatic carbocycles. The molecule has 0 saturated heterocycles. The molecule has 0 aromatic heterocycles. The summed E-state index contributed by atoms with van der Waals surface area (Å²) in [4.78, 5) is 0. The van der Waals surface area contributed by atoms with Gasteiger partial charge < -0.3 is 0 Å². The molecule has 0 aromatic carbocycles. The minimum absolute atomic E-state index is 0.0188. The Labute approximate surface area is 98.9 Å². The fourth-order valence-corrected chi connectivity index (χ4v) is 2.82. The third-order valence-corrected chi connectivity index (χ3v) is 4.22. The monoisotopic (exact) mass is 228 g/mol. The van der Waals surface area contributed by atoms with Crippen LogP contribution in [0.5, 0.6) is 0 Å². The van der Waals surface area contributed by atoms with Crippen molar-refractivity contribution in [2.45, 2.75) is 46.6 Å². The van der Waals surface area contributed by atoms with Gasteiger partial charge >= 0.3 is 0 Å². The van der Waals surface area contributed by atoms with Crippen molar-refractivity contribution < 1.29 is 4.39 Å². The first kappa shape index (κ1) is 13.5. The van der Waals surface area contributed by atoms with Crippen molar-refractivity contribution in [1.82, 2.24) is 5.01 Å². The average Bonchev–Trinajstić information content (AvgIpc) is 2.57. The van der Waals surface area contributed by atoms with E-state index < -0.39 is 0 Å². The highest BCUT2D eigenvalue weighted by atomic mass is 19.1. The van der Waals surface area contributed by atoms with Crippen molar-refractivity contribution in [2.75, 3.05) is 13.2 Å². The second-order valence-corrected chi connectivity index (χ2v) is 5.38. The fraction of sp³-hybridized carbons (Fsp3) is 0.923. The van der Waals surface area contributed by atoms with Crippen molar-refractivity contribution in [1.29, 1.82) is 0 Å². The van der Waals surface area contributed by atoms with Gasteiger partial charge in [0.2, 0.25) is 0 Å². The molecule has 0 fully saturated rings. The van der Waals surface area contributed by atoms with E-state index >= 15 is 0 Å². The maximum Gasteiger partial charge on any atom is 0.109 e. The van der Waals surface area contributed by atoms with Crippen LogP contribution in [-0.2, 0) is 0 Å². The van der Waals surface area contributed by atoms with Crippen LogP contribution >= 0.6 is 0 Å². The maximum absolute atomic E-state index is 12.6. The summed E-state index contributed by atoms with van der Waals surface area (Å²) in [5.41, 5.74) is -0.0188. The van der Waals surface area contributed by atoms with Crippen molar-refractivity contribution in [3.63, 3.8) is 0 Å². The largest absolute Gasteiger partial charge is 0.288 e. The van der Waals surface area contributed by atoms with Gasteiger partial charge in [-0.25, -0.2) is 4.39 Å². The first-order valence-electron chi connectivity index (χ1n) is 6.36. The highest BCUT2D eigenvalue weighted by molar-refractivity contribution is 5.65. The molecule has 1 aliphatic rings. The molecule has 0 amide bonds. The molecule has 0 radical (unpaired) electrons. The lowest BCUT2D eigenvalue weighted by Gasteiger charge is -2.44. The summed E-state index contributed by atoms with van der Waals surface area (Å²) in [6.45, 7) is 11.2. The van der Waals surface area contributed by atoms with Crippen LogP contribution in [-0.4, -0.2) is 30.0 Å². The fourth-order valence-electron chi connectivity index (χ4n) is 2.82. The zero-order chi connectivity index (χ0) is 12.3. The molecule has 0 saturated carbocycles. The van der Waals surface area contributed by atoms with Gasteiger partial charge in [-0.2, -0.15) is 5.10 Å². The van der Waals surface area contributed by atoms with E-state index in [2.05, 4.69) is 39.7 Å². The lowest BCUT2D eigenvalue weighted by Crippen LogP contribution is -2.52. The first-order valence-corrected chi connectivity index (χ1v) is 6.36. The highest BCUT2D eigenvalue weighted by Gasteiger charge is 2.47. The normalized spacial score (nSPS) is 31.4. The van der Waals surface area contributed by atoms with E-state index in [1.807, 2.05) is 11.2 Å². The smallest absolute Gasteiger partial charge is 0.109 e. The van der Waals surface area contributed by atoms with E-state index in [9.17, 15) is 4.39 Å². The summed E-state index contributed by atoms with van der Waals surface area (Å²) >= 11 is 0. The Kier molecular flexibility index (Phi) is 4.34. The molecule has 2 unspecified atom stereocenters. The Balaban J connectivity index is 2.95. The zero-order valence-electron chi connectivity index (χ0n) is 11.2. The van der Waals surface area contributed by atoms with Gasteiger partial charge in [0, 0.05) is 12.1 Å². The minimum atomic E-state index is -0.325. The van der Waals surface area contributed by atoms with E-state index in [1.165, 1.54) is 0 Å². The highest BCUT2D eigenvalue weighted by Crippen LogP contribution is 2.41. The number of hydrogen-bond donors (Lipinski definition) is 0. The summed E-state index contributed by atoms with van der Waals surface area (Å²) < 4.78 is 12.6. The third-order valence-electron chi connectivity index (χ3n) is 4.22. The standard InChI is InChI=1S/C13H25FN2/c1-6-11(4)13(5)12(10(2)3)9-15-16(13)8-7-14/h9-12H,6-8H2,1-5H3/t11?,12?,13-/m0/s1. The Bertz CT molecular complexity index is 252. The number of halogens is 1. The lowest BCUT2D eigenvalue weighted by atomic mass is 9.71. The molecule has 3 heteroatoms. The quantitative estimate of drug-likeness (QED) is 0.704. The second-order valence-electron chi connectivity index (χ2n) is 5.38. The zero-order valence-corrected chi connectivity index (χ0v) is 11.2. The molecule has 16 heavy (non-hydrogen) atoms. The Hall–Kier alpha value is -0.600. The van der Waals surface area contributed by atoms with E-state index in [4.69, 9.17) is 0 Å².